The van der Waals surface area contributed by atoms with Gasteiger partial charge in [-0.3, -0.25) is 0 Å². The summed E-state index contributed by atoms with van der Waals surface area (Å²) in [5.41, 5.74) is 2.09. The van der Waals surface area contributed by atoms with Crippen LogP contribution in [-0.4, -0.2) is 24.9 Å². The lowest BCUT2D eigenvalue weighted by molar-refractivity contribution is 0.423. The quantitative estimate of drug-likeness (QED) is 0.463. The van der Waals surface area contributed by atoms with Gasteiger partial charge in [0.2, 0.25) is 0 Å². The summed E-state index contributed by atoms with van der Waals surface area (Å²) in [6.45, 7) is 4.08. The molecule has 0 fully saturated rings. The Labute approximate surface area is 159 Å². The number of aromatic nitrogens is 5. The molecule has 0 bridgehead atoms. The molecule has 0 aliphatic rings. The SMILES string of the molecule is Cc1cccc(-c2nc(C(C)Sc3nnc(-c4cccs4)n3C)no2)c1. The van der Waals surface area contributed by atoms with E-state index >= 15 is 0 Å². The Morgan fingerprint density at radius 3 is 2.85 bits per heavy atom. The van der Waals surface area contributed by atoms with Gasteiger partial charge < -0.3 is 9.09 Å². The van der Waals surface area contributed by atoms with E-state index in [4.69, 9.17) is 4.52 Å². The molecule has 0 N–H and O–H groups in total. The zero-order valence-corrected chi connectivity index (χ0v) is 16.2. The number of rotatable bonds is 5. The molecule has 1 atom stereocenters. The van der Waals surface area contributed by atoms with Gasteiger partial charge >= 0.3 is 0 Å². The molecule has 6 nitrogen and oxygen atoms in total. The molecule has 1 unspecified atom stereocenters. The number of thioether (sulfide) groups is 1. The van der Waals surface area contributed by atoms with Gasteiger partial charge in [0, 0.05) is 12.6 Å². The second-order valence-corrected chi connectivity index (χ2v) is 8.19. The summed E-state index contributed by atoms with van der Waals surface area (Å²) in [4.78, 5) is 5.65. The minimum atomic E-state index is -0.00334. The van der Waals surface area contributed by atoms with Gasteiger partial charge in [-0.25, -0.2) is 0 Å². The van der Waals surface area contributed by atoms with Crippen LogP contribution in [0.3, 0.4) is 0 Å². The van der Waals surface area contributed by atoms with Crippen molar-refractivity contribution in [2.45, 2.75) is 24.3 Å². The normalized spacial score (nSPS) is 12.4. The average molecular weight is 384 g/mol. The van der Waals surface area contributed by atoms with E-state index in [9.17, 15) is 0 Å². The molecule has 0 radical (unpaired) electrons. The van der Waals surface area contributed by atoms with Crippen LogP contribution in [0.2, 0.25) is 0 Å². The first-order chi connectivity index (χ1) is 12.6. The molecule has 4 rings (SSSR count). The Hall–Kier alpha value is -2.45. The van der Waals surface area contributed by atoms with Crippen molar-refractivity contribution in [1.82, 2.24) is 24.9 Å². The fourth-order valence-corrected chi connectivity index (χ4v) is 4.14. The summed E-state index contributed by atoms with van der Waals surface area (Å²) in [7, 11) is 1.97. The highest BCUT2D eigenvalue weighted by Gasteiger charge is 2.20. The number of hydrogen-bond donors (Lipinski definition) is 0. The fourth-order valence-electron chi connectivity index (χ4n) is 2.54. The molecule has 1 aromatic carbocycles. The highest BCUT2D eigenvalue weighted by atomic mass is 32.2. The summed E-state index contributed by atoms with van der Waals surface area (Å²) >= 11 is 3.21. The molecule has 8 heteroatoms. The summed E-state index contributed by atoms with van der Waals surface area (Å²) in [5, 5.41) is 15.6. The lowest BCUT2D eigenvalue weighted by Crippen LogP contribution is -1.97. The van der Waals surface area contributed by atoms with Crippen molar-refractivity contribution in [2.24, 2.45) is 7.05 Å². The largest absolute Gasteiger partial charge is 0.334 e. The number of benzene rings is 1. The lowest BCUT2D eigenvalue weighted by Gasteiger charge is -2.06. The van der Waals surface area contributed by atoms with E-state index in [0.29, 0.717) is 11.7 Å². The number of aryl methyl sites for hydroxylation is 1. The molecule has 0 saturated heterocycles. The highest BCUT2D eigenvalue weighted by molar-refractivity contribution is 7.99. The molecule has 3 aromatic heterocycles. The van der Waals surface area contributed by atoms with Crippen molar-refractivity contribution >= 4 is 23.1 Å². The molecule has 132 valence electrons. The van der Waals surface area contributed by atoms with Gasteiger partial charge in [-0.1, -0.05) is 40.7 Å². The summed E-state index contributed by atoms with van der Waals surface area (Å²) in [5.74, 6) is 2.05. The standard InChI is InChI=1S/C18H17N5OS2/c1-11-6-4-7-13(10-11)17-19-15(22-24-17)12(2)26-18-21-20-16(23(18)3)14-8-5-9-25-14/h4-10,12H,1-3H3. The van der Waals surface area contributed by atoms with Gasteiger partial charge in [0.1, 0.15) is 0 Å². The van der Waals surface area contributed by atoms with Crippen molar-refractivity contribution in [1.29, 1.82) is 0 Å². The van der Waals surface area contributed by atoms with Crippen LogP contribution < -0.4 is 0 Å². The predicted molar refractivity (Wildman–Crippen MR) is 103 cm³/mol. The summed E-state index contributed by atoms with van der Waals surface area (Å²) in [6, 6.07) is 12.1. The Kier molecular flexibility index (Phi) is 4.60. The minimum Gasteiger partial charge on any atom is -0.334 e. The van der Waals surface area contributed by atoms with Gasteiger partial charge in [0.05, 0.1) is 10.1 Å². The minimum absolute atomic E-state index is 0.00334. The van der Waals surface area contributed by atoms with Gasteiger partial charge in [-0.05, 0) is 37.4 Å². The number of nitrogens with zero attached hydrogens (tertiary/aromatic N) is 5. The molecule has 4 aromatic rings. The Morgan fingerprint density at radius 2 is 2.08 bits per heavy atom. The van der Waals surface area contributed by atoms with Crippen molar-refractivity contribution in [3.8, 4) is 22.2 Å². The third-order valence-corrected chi connectivity index (χ3v) is 5.93. The predicted octanol–water partition coefficient (Wildman–Crippen LogP) is 4.76. The Morgan fingerprint density at radius 1 is 1.19 bits per heavy atom. The van der Waals surface area contributed by atoms with Gasteiger partial charge in [0.15, 0.2) is 16.8 Å². The van der Waals surface area contributed by atoms with Crippen molar-refractivity contribution in [3.63, 3.8) is 0 Å². The van der Waals surface area contributed by atoms with Crippen LogP contribution in [0.15, 0.2) is 51.5 Å². The number of thiophene rings is 1. The fraction of sp³-hybridized carbons (Fsp3) is 0.222. The van der Waals surface area contributed by atoms with E-state index in [0.717, 1.165) is 27.0 Å². The molecular weight excluding hydrogens is 366 g/mol. The molecule has 3 heterocycles. The van der Waals surface area contributed by atoms with E-state index in [1.54, 1.807) is 23.1 Å². The summed E-state index contributed by atoms with van der Waals surface area (Å²) < 4.78 is 7.44. The van der Waals surface area contributed by atoms with Crippen LogP contribution in [0.1, 0.15) is 23.6 Å². The van der Waals surface area contributed by atoms with Crippen molar-refractivity contribution in [2.75, 3.05) is 0 Å². The maximum atomic E-state index is 5.44. The van der Waals surface area contributed by atoms with E-state index < -0.39 is 0 Å². The Balaban J connectivity index is 1.53. The Bertz CT molecular complexity index is 1020. The molecule has 0 amide bonds. The monoisotopic (exact) mass is 383 g/mol. The highest BCUT2D eigenvalue weighted by Crippen LogP contribution is 2.35. The average Bonchev–Trinajstić information content (AvgIpc) is 3.36. The zero-order valence-electron chi connectivity index (χ0n) is 14.6. The third kappa shape index (κ3) is 3.30. The van der Waals surface area contributed by atoms with Crippen LogP contribution in [0.4, 0.5) is 0 Å². The van der Waals surface area contributed by atoms with Crippen LogP contribution in [0.5, 0.6) is 0 Å². The van der Waals surface area contributed by atoms with Gasteiger partial charge in [-0.2, -0.15) is 4.98 Å². The third-order valence-electron chi connectivity index (χ3n) is 3.93. The second kappa shape index (κ2) is 7.05. The molecule has 26 heavy (non-hydrogen) atoms. The van der Waals surface area contributed by atoms with E-state index in [2.05, 4.69) is 20.3 Å². The van der Waals surface area contributed by atoms with Crippen molar-refractivity contribution < 1.29 is 4.52 Å². The van der Waals surface area contributed by atoms with E-state index in [-0.39, 0.29) is 5.25 Å². The lowest BCUT2D eigenvalue weighted by atomic mass is 10.1. The molecular formula is C18H17N5OS2. The van der Waals surface area contributed by atoms with Crippen molar-refractivity contribution in [3.05, 3.63) is 53.2 Å². The molecule has 0 aliphatic carbocycles. The maximum Gasteiger partial charge on any atom is 0.257 e. The number of hydrogen-bond acceptors (Lipinski definition) is 7. The van der Waals surface area contributed by atoms with Crippen LogP contribution in [0.25, 0.3) is 22.2 Å². The maximum absolute atomic E-state index is 5.44. The first-order valence-corrected chi connectivity index (χ1v) is 9.88. The molecule has 0 aliphatic heterocycles. The van der Waals surface area contributed by atoms with Crippen LogP contribution >= 0.6 is 23.1 Å². The molecule has 0 spiro atoms. The zero-order chi connectivity index (χ0) is 18.1. The van der Waals surface area contributed by atoms with Gasteiger partial charge in [0.25, 0.3) is 5.89 Å². The first-order valence-electron chi connectivity index (χ1n) is 8.12. The topological polar surface area (TPSA) is 69.6 Å². The second-order valence-electron chi connectivity index (χ2n) is 5.93. The van der Waals surface area contributed by atoms with E-state index in [1.165, 1.54) is 0 Å². The first kappa shape index (κ1) is 17.0. The van der Waals surface area contributed by atoms with E-state index in [1.807, 2.05) is 67.2 Å². The van der Waals surface area contributed by atoms with Crippen LogP contribution in [0, 0.1) is 6.92 Å². The van der Waals surface area contributed by atoms with Gasteiger partial charge in [-0.15, -0.1) is 21.5 Å². The molecule has 0 saturated carbocycles. The summed E-state index contributed by atoms with van der Waals surface area (Å²) in [6.07, 6.45) is 0. The smallest absolute Gasteiger partial charge is 0.257 e. The van der Waals surface area contributed by atoms with Crippen LogP contribution in [-0.2, 0) is 7.05 Å².